The van der Waals surface area contributed by atoms with Crippen LogP contribution in [-0.4, -0.2) is 67.9 Å². The molecule has 0 amide bonds. The van der Waals surface area contributed by atoms with Gasteiger partial charge in [0, 0.05) is 50.4 Å². The van der Waals surface area contributed by atoms with E-state index in [0.717, 1.165) is 19.5 Å². The predicted molar refractivity (Wildman–Crippen MR) is 96.7 cm³/mol. The summed E-state index contributed by atoms with van der Waals surface area (Å²) in [4.78, 5) is 12.9. The van der Waals surface area contributed by atoms with Crippen LogP contribution in [0.25, 0.3) is 0 Å². The van der Waals surface area contributed by atoms with E-state index < -0.39 is 14.9 Å². The molecule has 0 radical (unpaired) electrons. The molecule has 1 aromatic carbocycles. The number of piperazine rings is 1. The van der Waals surface area contributed by atoms with E-state index in [1.165, 1.54) is 29.4 Å². The van der Waals surface area contributed by atoms with E-state index >= 15 is 0 Å². The molecule has 1 N–H and O–H groups in total. The Labute approximate surface area is 153 Å². The van der Waals surface area contributed by atoms with Crippen LogP contribution in [0.4, 0.5) is 5.69 Å². The van der Waals surface area contributed by atoms with Gasteiger partial charge in [0.05, 0.1) is 9.82 Å². The maximum atomic E-state index is 12.9. The van der Waals surface area contributed by atoms with Crippen LogP contribution in [0, 0.1) is 17.0 Å². The minimum absolute atomic E-state index is 0. The van der Waals surface area contributed by atoms with Crippen LogP contribution in [0.1, 0.15) is 12.0 Å². The van der Waals surface area contributed by atoms with E-state index in [-0.39, 0.29) is 28.6 Å². The standard InChI is InChI=1S/C15H22N4O4S.ClH/c1-12-14(19(20)21)3-2-4-15(12)24(22,23)18-9-7-17(8-10-18)13-5-6-16-11-13;/h2-4,13,16H,5-11H2,1H3;1H. The van der Waals surface area contributed by atoms with Gasteiger partial charge in [0.2, 0.25) is 10.0 Å². The van der Waals surface area contributed by atoms with Crippen molar-refractivity contribution in [3.8, 4) is 0 Å². The zero-order valence-electron chi connectivity index (χ0n) is 14.1. The van der Waals surface area contributed by atoms with Gasteiger partial charge in [-0.25, -0.2) is 8.42 Å². The first-order chi connectivity index (χ1) is 11.4. The normalized spacial score (nSPS) is 22.5. The SMILES string of the molecule is Cc1c([N+](=O)[O-])cccc1S(=O)(=O)N1CCN(C2CCNC2)CC1.Cl. The van der Waals surface area contributed by atoms with Crippen molar-refractivity contribution in [2.45, 2.75) is 24.3 Å². The van der Waals surface area contributed by atoms with Crippen molar-refractivity contribution in [3.63, 3.8) is 0 Å². The minimum atomic E-state index is -3.71. The Balaban J connectivity index is 0.00000225. The number of hydrogen-bond acceptors (Lipinski definition) is 6. The van der Waals surface area contributed by atoms with Gasteiger partial charge >= 0.3 is 0 Å². The third-order valence-electron chi connectivity index (χ3n) is 4.89. The van der Waals surface area contributed by atoms with Gasteiger partial charge < -0.3 is 5.32 Å². The van der Waals surface area contributed by atoms with Gasteiger partial charge in [-0.1, -0.05) is 6.07 Å². The summed E-state index contributed by atoms with van der Waals surface area (Å²) < 4.78 is 27.2. The quantitative estimate of drug-likeness (QED) is 0.608. The number of rotatable bonds is 4. The molecule has 1 atom stereocenters. The fourth-order valence-corrected chi connectivity index (χ4v) is 5.14. The number of benzene rings is 1. The van der Waals surface area contributed by atoms with Crippen molar-refractivity contribution in [3.05, 3.63) is 33.9 Å². The van der Waals surface area contributed by atoms with Gasteiger partial charge in [0.15, 0.2) is 0 Å². The number of nitro groups is 1. The molecular weight excluding hydrogens is 368 g/mol. The molecule has 3 rings (SSSR count). The van der Waals surface area contributed by atoms with Crippen LogP contribution in [0.15, 0.2) is 23.1 Å². The zero-order valence-corrected chi connectivity index (χ0v) is 15.7. The monoisotopic (exact) mass is 390 g/mol. The Bertz CT molecular complexity index is 729. The second kappa shape index (κ2) is 7.96. The lowest BCUT2D eigenvalue weighted by molar-refractivity contribution is -0.385. The second-order valence-electron chi connectivity index (χ2n) is 6.24. The molecule has 0 saturated carbocycles. The molecule has 0 bridgehead atoms. The minimum Gasteiger partial charge on any atom is -0.315 e. The smallest absolute Gasteiger partial charge is 0.273 e. The Morgan fingerprint density at radius 3 is 2.48 bits per heavy atom. The maximum absolute atomic E-state index is 12.9. The highest BCUT2D eigenvalue weighted by atomic mass is 35.5. The van der Waals surface area contributed by atoms with E-state index in [9.17, 15) is 18.5 Å². The largest absolute Gasteiger partial charge is 0.315 e. The second-order valence-corrected chi connectivity index (χ2v) is 8.15. The highest BCUT2D eigenvalue weighted by Gasteiger charge is 2.33. The van der Waals surface area contributed by atoms with Crippen molar-refractivity contribution in [2.75, 3.05) is 39.3 Å². The highest BCUT2D eigenvalue weighted by molar-refractivity contribution is 7.89. The average molecular weight is 391 g/mol. The van der Waals surface area contributed by atoms with Crippen molar-refractivity contribution >= 4 is 28.1 Å². The highest BCUT2D eigenvalue weighted by Crippen LogP contribution is 2.28. The van der Waals surface area contributed by atoms with E-state index in [2.05, 4.69) is 10.2 Å². The molecule has 10 heteroatoms. The molecule has 1 unspecified atom stereocenters. The molecule has 25 heavy (non-hydrogen) atoms. The molecule has 1 aromatic rings. The number of hydrogen-bond donors (Lipinski definition) is 1. The van der Waals surface area contributed by atoms with Gasteiger partial charge in [-0.05, 0) is 26.0 Å². The van der Waals surface area contributed by atoms with Gasteiger partial charge in [-0.2, -0.15) is 4.31 Å². The molecule has 2 heterocycles. The van der Waals surface area contributed by atoms with E-state index in [1.807, 2.05) is 0 Å². The van der Waals surface area contributed by atoms with E-state index in [4.69, 9.17) is 0 Å². The number of nitrogens with zero attached hydrogens (tertiary/aromatic N) is 3. The Morgan fingerprint density at radius 1 is 1.24 bits per heavy atom. The van der Waals surface area contributed by atoms with Crippen molar-refractivity contribution in [1.82, 2.24) is 14.5 Å². The van der Waals surface area contributed by atoms with E-state index in [1.54, 1.807) is 0 Å². The van der Waals surface area contributed by atoms with Crippen LogP contribution >= 0.6 is 12.4 Å². The molecular formula is C15H23ClN4O4S. The predicted octanol–water partition coefficient (Wildman–Crippen LogP) is 0.993. The number of halogens is 1. The average Bonchev–Trinajstić information content (AvgIpc) is 3.09. The molecule has 8 nitrogen and oxygen atoms in total. The van der Waals surface area contributed by atoms with Crippen LogP contribution in [0.2, 0.25) is 0 Å². The molecule has 0 aromatic heterocycles. The first-order valence-corrected chi connectivity index (χ1v) is 9.54. The summed E-state index contributed by atoms with van der Waals surface area (Å²) in [5, 5.41) is 14.4. The third-order valence-corrected chi connectivity index (χ3v) is 6.94. The molecule has 2 saturated heterocycles. The van der Waals surface area contributed by atoms with Crippen molar-refractivity contribution in [2.24, 2.45) is 0 Å². The summed E-state index contributed by atoms with van der Waals surface area (Å²) in [7, 11) is -3.71. The summed E-state index contributed by atoms with van der Waals surface area (Å²) in [6.07, 6.45) is 1.09. The molecule has 0 aliphatic carbocycles. The summed E-state index contributed by atoms with van der Waals surface area (Å²) in [6.45, 7) is 5.68. The van der Waals surface area contributed by atoms with E-state index in [0.29, 0.717) is 32.2 Å². The molecule has 2 aliphatic rings. The maximum Gasteiger partial charge on any atom is 0.273 e. The Hall–Kier alpha value is -1.26. The topological polar surface area (TPSA) is 95.8 Å². The lowest BCUT2D eigenvalue weighted by Crippen LogP contribution is -2.52. The fourth-order valence-electron chi connectivity index (χ4n) is 3.48. The molecule has 2 fully saturated rings. The molecule has 140 valence electrons. The van der Waals surface area contributed by atoms with Crippen molar-refractivity contribution < 1.29 is 13.3 Å². The number of nitro benzene ring substituents is 1. The van der Waals surface area contributed by atoms with Gasteiger partial charge in [0.25, 0.3) is 5.69 Å². The molecule has 0 spiro atoms. The summed E-state index contributed by atoms with van der Waals surface area (Å²) in [6, 6.07) is 4.69. The summed E-state index contributed by atoms with van der Waals surface area (Å²) in [5.41, 5.74) is 0.0386. The first-order valence-electron chi connectivity index (χ1n) is 8.10. The lowest BCUT2D eigenvalue weighted by Gasteiger charge is -2.37. The van der Waals surface area contributed by atoms with Crippen LogP contribution in [0.3, 0.4) is 0 Å². The zero-order chi connectivity index (χ0) is 17.3. The fraction of sp³-hybridized carbons (Fsp3) is 0.600. The van der Waals surface area contributed by atoms with Gasteiger partial charge in [-0.3, -0.25) is 15.0 Å². The van der Waals surface area contributed by atoms with Crippen LogP contribution in [0.5, 0.6) is 0 Å². The number of sulfonamides is 1. The van der Waals surface area contributed by atoms with Crippen molar-refractivity contribution in [1.29, 1.82) is 0 Å². The van der Waals surface area contributed by atoms with Gasteiger partial charge in [-0.15, -0.1) is 12.4 Å². The third kappa shape index (κ3) is 3.95. The lowest BCUT2D eigenvalue weighted by atomic mass is 10.2. The summed E-state index contributed by atoms with van der Waals surface area (Å²) >= 11 is 0. The van der Waals surface area contributed by atoms with Crippen LogP contribution in [-0.2, 0) is 10.0 Å². The first kappa shape index (κ1) is 20.1. The van der Waals surface area contributed by atoms with Gasteiger partial charge in [0.1, 0.15) is 0 Å². The molecule has 2 aliphatic heterocycles. The Kier molecular flexibility index (Phi) is 6.39. The summed E-state index contributed by atoms with van der Waals surface area (Å²) in [5.74, 6) is 0. The van der Waals surface area contributed by atoms with Crippen LogP contribution < -0.4 is 5.32 Å². The Morgan fingerprint density at radius 2 is 1.92 bits per heavy atom. The number of nitrogens with one attached hydrogen (secondary N) is 1.